The van der Waals surface area contributed by atoms with Crippen LogP contribution in [0.3, 0.4) is 0 Å². The number of ether oxygens (including phenoxy) is 8. The van der Waals surface area contributed by atoms with E-state index in [1.807, 2.05) is 76.2 Å². The number of aryl methyl sites for hydroxylation is 4. The summed E-state index contributed by atoms with van der Waals surface area (Å²) < 4.78 is 62.8. The molecule has 0 N–H and O–H groups in total. The molecule has 2 atom stereocenters. The zero-order chi connectivity index (χ0) is 76.2. The van der Waals surface area contributed by atoms with E-state index >= 15 is 28.8 Å². The normalized spacial score (nSPS) is 13.1. The molecule has 2 aromatic heterocycles. The molecule has 6 amide bonds. The number of fused-ring (bicyclic) bond motifs is 2. The van der Waals surface area contributed by atoms with Gasteiger partial charge in [-0.3, -0.25) is 38.6 Å². The average Bonchev–Trinajstić information content (AvgIpc) is 0.672. The smallest absolute Gasteiger partial charge is 0.333 e. The third kappa shape index (κ3) is 15.0. The zero-order valence-corrected chi connectivity index (χ0v) is 61.2. The number of carbonyl (C=O) groups excluding carboxylic acids is 8. The number of hydrogen-bond acceptors (Lipinski definition) is 18. The molecule has 0 fully saturated rings. The highest BCUT2D eigenvalue weighted by Crippen LogP contribution is 2.58. The highest BCUT2D eigenvalue weighted by atomic mass is 16.6. The SMILES string of the molecule is C=C(C)C(=O)OCCOCCN(CC)C(=O)C(Cc1ccco1)N1C(=O)c2cc(Oc3ccc(C)cc3)c3c4c(Oc5ccc(C)cc5)cc5c6c(cc(Oc7ccc(C)cc7)c(c7c(Oc8ccc(C)cc8)cc(c2c37)C1=O)c64)C(=O)N(C(Cc1ccco1)C(=O)N(CC)CCOCCOC(=O)C(=C)C)C5=O. The van der Waals surface area contributed by atoms with Gasteiger partial charge in [0.1, 0.15) is 82.8 Å². The van der Waals surface area contributed by atoms with Gasteiger partial charge in [0.15, 0.2) is 0 Å². The van der Waals surface area contributed by atoms with Crippen LogP contribution in [0.25, 0.3) is 43.1 Å². The fraction of sp³-hybridized carbons (Fsp3) is 0.256. The first-order valence-electron chi connectivity index (χ1n) is 35.6. The Hall–Kier alpha value is -12.4. The van der Waals surface area contributed by atoms with Crippen LogP contribution in [0, 0.1) is 27.7 Å². The molecule has 0 spiro atoms. The van der Waals surface area contributed by atoms with Gasteiger partial charge in [-0.2, -0.15) is 0 Å². The summed E-state index contributed by atoms with van der Waals surface area (Å²) in [6.07, 6.45) is 2.37. The van der Waals surface area contributed by atoms with Crippen LogP contribution in [0.5, 0.6) is 46.0 Å². The Morgan fingerprint density at radius 2 is 0.685 bits per heavy atom. The second-order valence-electron chi connectivity index (χ2n) is 26.8. The minimum absolute atomic E-state index is 0.00330. The summed E-state index contributed by atoms with van der Waals surface area (Å²) in [6.45, 7) is 21.7. The molecule has 0 saturated carbocycles. The standard InChI is InChI=1S/C86H80N4O18/c1-11-87(33-37-99-39-41-103-85(97)49(3)4)83(95)65(43-59-15-13-35-101-59)89-79(91)61-45-67(105-55-25-17-51(7)18-26-55)73-75-69(107-57-29-21-53(9)22-30-57)47-63-72-64(82(94)90(81(63)93)66(44-60-16-14-36-102-60)84(96)88(12-2)34-38-100-40-42-104-86(98)50(5)6)48-70(108-58-31-23-54(10)24-32-58)76(78(72)75)74-68(106-56-27-19-52(8)20-28-56)46-62(80(89)92)71(61)77(73)74/h13-32,35-36,45-48,65-66H,3,5,11-12,33-34,37-44H2,1-2,4,6-10H3. The van der Waals surface area contributed by atoms with E-state index in [2.05, 4.69) is 13.2 Å². The lowest BCUT2D eigenvalue weighted by molar-refractivity contribution is -0.141. The maximum Gasteiger partial charge on any atom is 0.333 e. The molecule has 22 nitrogen and oxygen atoms in total. The summed E-state index contributed by atoms with van der Waals surface area (Å²) in [5, 5.41) is 1.70. The van der Waals surface area contributed by atoms with Gasteiger partial charge < -0.3 is 56.5 Å². The Bertz CT molecular complexity index is 4770. The lowest BCUT2D eigenvalue weighted by Gasteiger charge is -2.37. The van der Waals surface area contributed by atoms with Crippen LogP contribution in [0.1, 0.15) is 103 Å². The first-order chi connectivity index (χ1) is 52.1. The van der Waals surface area contributed by atoms with E-state index in [1.165, 1.54) is 36.2 Å². The third-order valence-corrected chi connectivity index (χ3v) is 19.1. The monoisotopic (exact) mass is 1460 g/mol. The average molecular weight is 1460 g/mol. The summed E-state index contributed by atoms with van der Waals surface area (Å²) in [6, 6.07) is 38.7. The van der Waals surface area contributed by atoms with Crippen molar-refractivity contribution in [3.05, 3.63) is 238 Å². The topological polar surface area (TPSA) is 250 Å². The molecule has 0 saturated heterocycles. The van der Waals surface area contributed by atoms with Crippen molar-refractivity contribution >= 4 is 90.5 Å². The van der Waals surface area contributed by atoms with Crippen LogP contribution in [0.4, 0.5) is 0 Å². The van der Waals surface area contributed by atoms with Crippen molar-refractivity contribution in [1.29, 1.82) is 0 Å². The summed E-state index contributed by atoms with van der Waals surface area (Å²) >= 11 is 0. The predicted octanol–water partition coefficient (Wildman–Crippen LogP) is 15.7. The number of furan rings is 2. The van der Waals surface area contributed by atoms with Crippen molar-refractivity contribution in [3.8, 4) is 46.0 Å². The van der Waals surface area contributed by atoms with Crippen molar-refractivity contribution in [2.24, 2.45) is 0 Å². The Morgan fingerprint density at radius 3 is 0.935 bits per heavy atom. The van der Waals surface area contributed by atoms with E-state index in [1.54, 1.807) is 111 Å². The molecule has 2 aliphatic heterocycles. The highest BCUT2D eigenvalue weighted by molar-refractivity contribution is 6.45. The quantitative estimate of drug-likeness (QED) is 0.00949. The molecule has 2 aliphatic rings. The number of esters is 2. The second-order valence-corrected chi connectivity index (χ2v) is 26.8. The number of benzene rings is 9. The molecular formula is C86H80N4O18. The van der Waals surface area contributed by atoms with Gasteiger partial charge in [0.2, 0.25) is 11.8 Å². The molecule has 2 unspecified atom stereocenters. The molecule has 22 heteroatoms. The number of hydrogen-bond donors (Lipinski definition) is 0. The van der Waals surface area contributed by atoms with E-state index in [9.17, 15) is 9.59 Å². The van der Waals surface area contributed by atoms with Crippen LogP contribution in [0.15, 0.2) is 191 Å². The lowest BCUT2D eigenvalue weighted by Crippen LogP contribution is -2.56. The molecule has 13 rings (SSSR count). The lowest BCUT2D eigenvalue weighted by atomic mass is 9.80. The van der Waals surface area contributed by atoms with Gasteiger partial charge >= 0.3 is 11.9 Å². The molecule has 4 heterocycles. The largest absolute Gasteiger partial charge is 0.469 e. The summed E-state index contributed by atoms with van der Waals surface area (Å²) in [4.78, 5) is 126. The Kier molecular flexibility index (Phi) is 21.7. The van der Waals surface area contributed by atoms with Crippen LogP contribution >= 0.6 is 0 Å². The van der Waals surface area contributed by atoms with E-state index in [4.69, 9.17) is 46.7 Å². The van der Waals surface area contributed by atoms with Gasteiger partial charge in [0, 0.05) is 93.3 Å². The molecule has 0 radical (unpaired) electrons. The number of rotatable bonds is 32. The van der Waals surface area contributed by atoms with Crippen molar-refractivity contribution in [2.45, 2.75) is 80.3 Å². The Labute approximate surface area is 622 Å². The maximum absolute atomic E-state index is 16.5. The molecule has 0 aliphatic carbocycles. The van der Waals surface area contributed by atoms with Gasteiger partial charge in [0.05, 0.1) is 61.2 Å². The zero-order valence-electron chi connectivity index (χ0n) is 61.2. The number of imide groups is 2. The predicted molar refractivity (Wildman–Crippen MR) is 404 cm³/mol. The van der Waals surface area contributed by atoms with Crippen molar-refractivity contribution < 1.29 is 85.1 Å². The first-order valence-corrected chi connectivity index (χ1v) is 35.6. The minimum Gasteiger partial charge on any atom is -0.469 e. The van der Waals surface area contributed by atoms with Gasteiger partial charge in [-0.15, -0.1) is 0 Å². The summed E-state index contributed by atoms with van der Waals surface area (Å²) in [7, 11) is 0. The van der Waals surface area contributed by atoms with E-state index < -0.39 is 59.5 Å². The number of nitrogens with zero attached hydrogens (tertiary/aromatic N) is 4. The van der Waals surface area contributed by atoms with Crippen LogP contribution < -0.4 is 18.9 Å². The summed E-state index contributed by atoms with van der Waals surface area (Å²) in [5.74, 6) is -3.82. The second kappa shape index (κ2) is 31.7. The maximum atomic E-state index is 16.5. The molecule has 0 bridgehead atoms. The van der Waals surface area contributed by atoms with Crippen molar-refractivity contribution in [2.75, 3.05) is 65.8 Å². The third-order valence-electron chi connectivity index (χ3n) is 19.1. The summed E-state index contributed by atoms with van der Waals surface area (Å²) in [5.41, 5.74) is 3.86. The number of carbonyl (C=O) groups is 8. The van der Waals surface area contributed by atoms with E-state index in [0.717, 1.165) is 32.1 Å². The molecule has 11 aromatic rings. The van der Waals surface area contributed by atoms with Crippen molar-refractivity contribution in [1.82, 2.24) is 19.6 Å². The van der Waals surface area contributed by atoms with Crippen molar-refractivity contribution in [3.63, 3.8) is 0 Å². The number of likely N-dealkylation sites (N-methyl/N-ethyl adjacent to an activating group) is 2. The van der Waals surface area contributed by atoms with Gasteiger partial charge in [-0.25, -0.2) is 9.59 Å². The van der Waals surface area contributed by atoms with Crippen LogP contribution in [0.2, 0.25) is 0 Å². The minimum atomic E-state index is -1.54. The fourth-order valence-corrected chi connectivity index (χ4v) is 13.6. The molecule has 9 aromatic carbocycles. The molecule has 108 heavy (non-hydrogen) atoms. The van der Waals surface area contributed by atoms with E-state index in [0.29, 0.717) is 34.5 Å². The van der Waals surface area contributed by atoms with Gasteiger partial charge in [0.25, 0.3) is 23.6 Å². The Balaban J connectivity index is 1.08. The first kappa shape index (κ1) is 73.9. The fourth-order valence-electron chi connectivity index (χ4n) is 13.6. The van der Waals surface area contributed by atoms with Crippen LogP contribution in [-0.4, -0.2) is 145 Å². The highest BCUT2D eigenvalue weighted by Gasteiger charge is 2.48. The van der Waals surface area contributed by atoms with E-state index in [-0.39, 0.29) is 178 Å². The van der Waals surface area contributed by atoms with Crippen LogP contribution in [-0.2, 0) is 51.0 Å². The van der Waals surface area contributed by atoms with Gasteiger partial charge in [-0.1, -0.05) is 83.9 Å². The van der Waals surface area contributed by atoms with Gasteiger partial charge in [-0.05, 0) is 152 Å². The Morgan fingerprint density at radius 1 is 0.398 bits per heavy atom. The number of amides is 6. The molecular weight excluding hydrogens is 1380 g/mol. The molecule has 552 valence electrons.